The molecule has 1 unspecified atom stereocenters. The SMILES string of the molecule is CC(C)CCCC(C)NC(=O)COc1cccc(NC(=O)C2CC2)c1. The summed E-state index contributed by atoms with van der Waals surface area (Å²) in [7, 11) is 0. The van der Waals surface area contributed by atoms with E-state index in [1.807, 2.05) is 19.1 Å². The molecule has 0 bridgehead atoms. The monoisotopic (exact) mass is 346 g/mol. The molecule has 0 aromatic heterocycles. The van der Waals surface area contributed by atoms with E-state index in [1.165, 1.54) is 6.42 Å². The molecule has 2 N–H and O–H groups in total. The molecule has 25 heavy (non-hydrogen) atoms. The van der Waals surface area contributed by atoms with Gasteiger partial charge in [0.1, 0.15) is 5.75 Å². The normalized spacial score (nSPS) is 14.9. The van der Waals surface area contributed by atoms with Crippen molar-refractivity contribution in [2.75, 3.05) is 11.9 Å². The van der Waals surface area contributed by atoms with Crippen LogP contribution in [0.25, 0.3) is 0 Å². The largest absolute Gasteiger partial charge is 0.484 e. The van der Waals surface area contributed by atoms with Crippen LogP contribution in [-0.4, -0.2) is 24.5 Å². The van der Waals surface area contributed by atoms with Gasteiger partial charge in [0.25, 0.3) is 5.91 Å². The third-order valence-corrected chi connectivity index (χ3v) is 4.25. The van der Waals surface area contributed by atoms with Crippen molar-refractivity contribution < 1.29 is 14.3 Å². The fourth-order valence-corrected chi connectivity index (χ4v) is 2.62. The Morgan fingerprint density at radius 3 is 2.64 bits per heavy atom. The van der Waals surface area contributed by atoms with Crippen molar-refractivity contribution in [1.29, 1.82) is 0 Å². The van der Waals surface area contributed by atoms with Crippen LogP contribution < -0.4 is 15.4 Å². The molecular formula is C20H30N2O3. The van der Waals surface area contributed by atoms with Gasteiger partial charge in [0.15, 0.2) is 6.61 Å². The first kappa shape index (κ1) is 19.3. The van der Waals surface area contributed by atoms with Crippen LogP contribution in [0.5, 0.6) is 5.75 Å². The Morgan fingerprint density at radius 2 is 1.96 bits per heavy atom. The number of hydrogen-bond acceptors (Lipinski definition) is 3. The molecule has 1 aromatic rings. The van der Waals surface area contributed by atoms with Crippen molar-refractivity contribution in [2.24, 2.45) is 11.8 Å². The Labute approximate surface area is 150 Å². The molecule has 0 spiro atoms. The standard InChI is InChI=1S/C20H30N2O3/c1-14(2)6-4-7-15(3)21-19(23)13-25-18-9-5-8-17(12-18)22-20(24)16-10-11-16/h5,8-9,12,14-16H,4,6-7,10-11,13H2,1-3H3,(H,21,23)(H,22,24). The predicted octanol–water partition coefficient (Wildman–Crippen LogP) is 3.74. The van der Waals surface area contributed by atoms with Crippen LogP contribution in [0.15, 0.2) is 24.3 Å². The maximum atomic E-state index is 12.0. The molecular weight excluding hydrogens is 316 g/mol. The van der Waals surface area contributed by atoms with Gasteiger partial charge in [-0.15, -0.1) is 0 Å². The highest BCUT2D eigenvalue weighted by molar-refractivity contribution is 5.94. The van der Waals surface area contributed by atoms with E-state index in [0.717, 1.165) is 25.7 Å². The van der Waals surface area contributed by atoms with E-state index in [2.05, 4.69) is 24.5 Å². The van der Waals surface area contributed by atoms with Gasteiger partial charge >= 0.3 is 0 Å². The summed E-state index contributed by atoms with van der Waals surface area (Å²) in [5.74, 6) is 1.37. The smallest absolute Gasteiger partial charge is 0.258 e. The third kappa shape index (κ3) is 7.59. The number of benzene rings is 1. The number of amides is 2. The van der Waals surface area contributed by atoms with Crippen LogP contribution in [0.3, 0.4) is 0 Å². The van der Waals surface area contributed by atoms with Gasteiger partial charge in [-0.2, -0.15) is 0 Å². The van der Waals surface area contributed by atoms with Gasteiger partial charge in [-0.25, -0.2) is 0 Å². The summed E-state index contributed by atoms with van der Waals surface area (Å²) in [5.41, 5.74) is 0.705. The van der Waals surface area contributed by atoms with Crippen molar-refractivity contribution in [1.82, 2.24) is 5.32 Å². The second-order valence-electron chi connectivity index (χ2n) is 7.37. The van der Waals surface area contributed by atoms with Crippen molar-refractivity contribution in [2.45, 2.75) is 58.9 Å². The summed E-state index contributed by atoms with van der Waals surface area (Å²) < 4.78 is 5.55. The Kier molecular flexibility index (Phi) is 7.29. The molecule has 0 heterocycles. The zero-order valence-corrected chi connectivity index (χ0v) is 15.5. The Bertz CT molecular complexity index is 582. The van der Waals surface area contributed by atoms with E-state index >= 15 is 0 Å². The Morgan fingerprint density at radius 1 is 1.20 bits per heavy atom. The molecule has 1 aliphatic carbocycles. The molecule has 1 saturated carbocycles. The molecule has 1 aromatic carbocycles. The molecule has 5 heteroatoms. The lowest BCUT2D eigenvalue weighted by atomic mass is 10.0. The van der Waals surface area contributed by atoms with Crippen LogP contribution >= 0.6 is 0 Å². The van der Waals surface area contributed by atoms with Crippen LogP contribution in [0, 0.1) is 11.8 Å². The Hall–Kier alpha value is -2.04. The molecule has 0 radical (unpaired) electrons. The summed E-state index contributed by atoms with van der Waals surface area (Å²) in [6.45, 7) is 6.41. The van der Waals surface area contributed by atoms with E-state index in [-0.39, 0.29) is 30.4 Å². The molecule has 1 atom stereocenters. The second-order valence-corrected chi connectivity index (χ2v) is 7.37. The van der Waals surface area contributed by atoms with Gasteiger partial charge < -0.3 is 15.4 Å². The molecule has 0 aliphatic heterocycles. The first-order chi connectivity index (χ1) is 11.9. The molecule has 1 aliphatic rings. The number of rotatable bonds is 10. The first-order valence-corrected chi connectivity index (χ1v) is 9.27. The van der Waals surface area contributed by atoms with Gasteiger partial charge in [-0.3, -0.25) is 9.59 Å². The topological polar surface area (TPSA) is 67.4 Å². The fourth-order valence-electron chi connectivity index (χ4n) is 2.62. The highest BCUT2D eigenvalue weighted by atomic mass is 16.5. The van der Waals surface area contributed by atoms with Crippen molar-refractivity contribution in [3.63, 3.8) is 0 Å². The lowest BCUT2D eigenvalue weighted by Gasteiger charge is -2.15. The van der Waals surface area contributed by atoms with Crippen molar-refractivity contribution in [3.8, 4) is 5.75 Å². The molecule has 138 valence electrons. The highest BCUT2D eigenvalue weighted by Crippen LogP contribution is 2.30. The highest BCUT2D eigenvalue weighted by Gasteiger charge is 2.29. The average molecular weight is 346 g/mol. The minimum atomic E-state index is -0.121. The molecule has 5 nitrogen and oxygen atoms in total. The average Bonchev–Trinajstić information content (AvgIpc) is 3.38. The van der Waals surface area contributed by atoms with Crippen molar-refractivity contribution in [3.05, 3.63) is 24.3 Å². The molecule has 0 saturated heterocycles. The molecule has 2 amide bonds. The number of carbonyl (C=O) groups is 2. The maximum absolute atomic E-state index is 12.0. The lowest BCUT2D eigenvalue weighted by Crippen LogP contribution is -2.36. The van der Waals surface area contributed by atoms with E-state index in [0.29, 0.717) is 17.4 Å². The minimum absolute atomic E-state index is 0.0193. The number of hydrogen-bond donors (Lipinski definition) is 2. The van der Waals surface area contributed by atoms with E-state index in [1.54, 1.807) is 12.1 Å². The third-order valence-electron chi connectivity index (χ3n) is 4.25. The van der Waals surface area contributed by atoms with E-state index in [4.69, 9.17) is 4.74 Å². The Balaban J connectivity index is 1.70. The quantitative estimate of drug-likeness (QED) is 0.678. The van der Waals surface area contributed by atoms with E-state index in [9.17, 15) is 9.59 Å². The summed E-state index contributed by atoms with van der Waals surface area (Å²) in [6, 6.07) is 7.32. The summed E-state index contributed by atoms with van der Waals surface area (Å²) in [5, 5.41) is 5.84. The van der Waals surface area contributed by atoms with Gasteiger partial charge in [-0.1, -0.05) is 32.8 Å². The van der Waals surface area contributed by atoms with Gasteiger partial charge in [0.2, 0.25) is 5.91 Å². The first-order valence-electron chi connectivity index (χ1n) is 9.27. The predicted molar refractivity (Wildman–Crippen MR) is 99.6 cm³/mol. The minimum Gasteiger partial charge on any atom is -0.484 e. The fraction of sp³-hybridized carbons (Fsp3) is 0.600. The number of ether oxygens (including phenoxy) is 1. The summed E-state index contributed by atoms with van der Waals surface area (Å²) >= 11 is 0. The summed E-state index contributed by atoms with van der Waals surface area (Å²) in [6.07, 6.45) is 5.21. The van der Waals surface area contributed by atoms with Gasteiger partial charge in [0.05, 0.1) is 0 Å². The zero-order valence-electron chi connectivity index (χ0n) is 15.5. The van der Waals surface area contributed by atoms with Crippen LogP contribution in [0.2, 0.25) is 0 Å². The zero-order chi connectivity index (χ0) is 18.2. The molecule has 2 rings (SSSR count). The van der Waals surface area contributed by atoms with Crippen LogP contribution in [0.4, 0.5) is 5.69 Å². The molecule has 1 fully saturated rings. The van der Waals surface area contributed by atoms with Crippen LogP contribution in [-0.2, 0) is 9.59 Å². The van der Waals surface area contributed by atoms with Gasteiger partial charge in [-0.05, 0) is 44.2 Å². The van der Waals surface area contributed by atoms with Crippen molar-refractivity contribution >= 4 is 17.5 Å². The maximum Gasteiger partial charge on any atom is 0.258 e. The second kappa shape index (κ2) is 9.44. The number of carbonyl (C=O) groups excluding carboxylic acids is 2. The number of anilines is 1. The van der Waals surface area contributed by atoms with E-state index < -0.39 is 0 Å². The van der Waals surface area contributed by atoms with Gasteiger partial charge in [0, 0.05) is 23.7 Å². The summed E-state index contributed by atoms with van der Waals surface area (Å²) in [4.78, 5) is 23.8. The number of nitrogens with one attached hydrogen (secondary N) is 2. The lowest BCUT2D eigenvalue weighted by molar-refractivity contribution is -0.123. The van der Waals surface area contributed by atoms with Crippen LogP contribution in [0.1, 0.15) is 52.9 Å².